The maximum Gasteiger partial charge on any atom is 0.0653 e. The van der Waals surface area contributed by atoms with Gasteiger partial charge in [0.25, 0.3) is 0 Å². The fraction of sp³-hybridized carbons (Fsp3) is 0.333. The largest absolute Gasteiger partial charge is 0.377 e. The third-order valence-electron chi connectivity index (χ3n) is 2.48. The van der Waals surface area contributed by atoms with Crippen molar-refractivity contribution in [1.29, 1.82) is 0 Å². The normalized spacial score (nSPS) is 21.9. The lowest BCUT2D eigenvalue weighted by Gasteiger charge is -2.21. The van der Waals surface area contributed by atoms with E-state index >= 15 is 0 Å². The van der Waals surface area contributed by atoms with Gasteiger partial charge in [-0.1, -0.05) is 41.1 Å². The summed E-state index contributed by atoms with van der Waals surface area (Å²) in [6.07, 6.45) is 2.18. The molecule has 1 aromatic rings. The van der Waals surface area contributed by atoms with Crippen LogP contribution in [-0.4, -0.2) is 13.2 Å². The van der Waals surface area contributed by atoms with Crippen molar-refractivity contribution in [3.05, 3.63) is 40.4 Å². The Labute approximate surface area is 92.9 Å². The molecule has 1 aliphatic rings. The molecule has 0 spiro atoms. The first-order valence-electron chi connectivity index (χ1n) is 4.81. The molecule has 0 amide bonds. The van der Waals surface area contributed by atoms with Gasteiger partial charge in [0.05, 0.1) is 13.2 Å². The summed E-state index contributed by atoms with van der Waals surface area (Å²) in [6, 6.07) is 8.43. The number of halogens is 1. The lowest BCUT2D eigenvalue weighted by Crippen LogP contribution is -2.14. The van der Waals surface area contributed by atoms with E-state index in [0.29, 0.717) is 5.92 Å². The second-order valence-corrected chi connectivity index (χ2v) is 4.52. The first-order valence-corrected chi connectivity index (χ1v) is 5.60. The minimum Gasteiger partial charge on any atom is -0.377 e. The number of ether oxygens (including phenoxy) is 1. The highest BCUT2D eigenvalue weighted by molar-refractivity contribution is 9.10. The highest BCUT2D eigenvalue weighted by Gasteiger charge is 2.14. The number of hydrogen-bond acceptors (Lipinski definition) is 1. The Morgan fingerprint density at radius 1 is 1.43 bits per heavy atom. The molecule has 0 saturated carbocycles. The van der Waals surface area contributed by atoms with E-state index in [1.54, 1.807) is 0 Å². The summed E-state index contributed by atoms with van der Waals surface area (Å²) in [4.78, 5) is 0. The summed E-state index contributed by atoms with van der Waals surface area (Å²) in [5.74, 6) is 0.498. The van der Waals surface area contributed by atoms with Crippen LogP contribution >= 0.6 is 15.9 Å². The van der Waals surface area contributed by atoms with Crippen molar-refractivity contribution in [3.63, 3.8) is 0 Å². The van der Waals surface area contributed by atoms with Crippen molar-refractivity contribution in [1.82, 2.24) is 0 Å². The van der Waals surface area contributed by atoms with Crippen molar-refractivity contribution in [3.8, 4) is 0 Å². The third-order valence-corrected chi connectivity index (χ3v) is 2.97. The van der Waals surface area contributed by atoms with Gasteiger partial charge < -0.3 is 4.74 Å². The van der Waals surface area contributed by atoms with Gasteiger partial charge in [0.1, 0.15) is 0 Å². The van der Waals surface area contributed by atoms with Crippen LogP contribution in [-0.2, 0) is 4.74 Å². The van der Waals surface area contributed by atoms with Gasteiger partial charge in [-0.3, -0.25) is 0 Å². The van der Waals surface area contributed by atoms with E-state index < -0.39 is 0 Å². The van der Waals surface area contributed by atoms with Crippen LogP contribution in [0.5, 0.6) is 0 Å². The van der Waals surface area contributed by atoms with Crippen molar-refractivity contribution in [2.45, 2.75) is 6.92 Å². The Bertz CT molecular complexity index is 357. The minimum atomic E-state index is 0.498. The standard InChI is InChI=1S/C12H13BrO/c1-9-8-14-6-5-12(9)10-3-2-4-11(13)7-10/h2-5,7,9H,6,8H2,1H3. The molecule has 0 saturated heterocycles. The minimum absolute atomic E-state index is 0.498. The summed E-state index contributed by atoms with van der Waals surface area (Å²) >= 11 is 3.49. The van der Waals surface area contributed by atoms with Gasteiger partial charge in [0.15, 0.2) is 0 Å². The van der Waals surface area contributed by atoms with Gasteiger partial charge in [0, 0.05) is 10.4 Å². The van der Waals surface area contributed by atoms with Crippen LogP contribution in [0.2, 0.25) is 0 Å². The van der Waals surface area contributed by atoms with E-state index in [2.05, 4.69) is 47.1 Å². The summed E-state index contributed by atoms with van der Waals surface area (Å²) in [5.41, 5.74) is 2.70. The first-order chi connectivity index (χ1) is 6.77. The molecular weight excluding hydrogens is 240 g/mol. The van der Waals surface area contributed by atoms with E-state index in [1.165, 1.54) is 11.1 Å². The fourth-order valence-electron chi connectivity index (χ4n) is 1.75. The lowest BCUT2D eigenvalue weighted by molar-refractivity contribution is 0.135. The Morgan fingerprint density at radius 2 is 2.29 bits per heavy atom. The van der Waals surface area contributed by atoms with E-state index in [0.717, 1.165) is 17.7 Å². The molecule has 1 aromatic carbocycles. The molecule has 74 valence electrons. The zero-order chi connectivity index (χ0) is 9.97. The van der Waals surface area contributed by atoms with Crippen molar-refractivity contribution in [2.24, 2.45) is 5.92 Å². The van der Waals surface area contributed by atoms with Crippen molar-refractivity contribution in [2.75, 3.05) is 13.2 Å². The predicted octanol–water partition coefficient (Wildman–Crippen LogP) is 3.50. The smallest absolute Gasteiger partial charge is 0.0653 e. The van der Waals surface area contributed by atoms with Crippen LogP contribution in [0.3, 0.4) is 0 Å². The number of benzene rings is 1. The van der Waals surface area contributed by atoms with Crippen LogP contribution in [0.25, 0.3) is 5.57 Å². The van der Waals surface area contributed by atoms with Gasteiger partial charge in [-0.2, -0.15) is 0 Å². The molecule has 1 unspecified atom stereocenters. The molecule has 0 aromatic heterocycles. The van der Waals surface area contributed by atoms with E-state index in [-0.39, 0.29) is 0 Å². The van der Waals surface area contributed by atoms with Crippen molar-refractivity contribution < 1.29 is 4.74 Å². The van der Waals surface area contributed by atoms with Crippen molar-refractivity contribution >= 4 is 21.5 Å². The molecule has 2 heteroatoms. The zero-order valence-corrected chi connectivity index (χ0v) is 9.75. The van der Waals surface area contributed by atoms with E-state index in [4.69, 9.17) is 4.74 Å². The van der Waals surface area contributed by atoms with Crippen LogP contribution in [0.15, 0.2) is 34.8 Å². The summed E-state index contributed by atoms with van der Waals surface area (Å²) in [6.45, 7) is 3.77. The van der Waals surface area contributed by atoms with Gasteiger partial charge in [-0.15, -0.1) is 0 Å². The topological polar surface area (TPSA) is 9.23 Å². The van der Waals surface area contributed by atoms with Crippen LogP contribution in [0.1, 0.15) is 12.5 Å². The van der Waals surface area contributed by atoms with Gasteiger partial charge in [-0.25, -0.2) is 0 Å². The molecule has 0 radical (unpaired) electrons. The summed E-state index contributed by atoms with van der Waals surface area (Å²) in [7, 11) is 0. The average molecular weight is 253 g/mol. The molecule has 1 aliphatic heterocycles. The lowest BCUT2D eigenvalue weighted by atomic mass is 9.93. The predicted molar refractivity (Wildman–Crippen MR) is 62.1 cm³/mol. The van der Waals surface area contributed by atoms with Crippen LogP contribution in [0, 0.1) is 5.92 Å². The van der Waals surface area contributed by atoms with Gasteiger partial charge in [0.2, 0.25) is 0 Å². The molecular formula is C12H13BrO. The van der Waals surface area contributed by atoms with Gasteiger partial charge in [-0.05, 0) is 23.3 Å². The van der Waals surface area contributed by atoms with E-state index in [1.807, 2.05) is 6.07 Å². The molecule has 0 N–H and O–H groups in total. The second-order valence-electron chi connectivity index (χ2n) is 3.61. The quantitative estimate of drug-likeness (QED) is 0.744. The second kappa shape index (κ2) is 4.28. The SMILES string of the molecule is CC1COCC=C1c1cccc(Br)c1. The van der Waals surface area contributed by atoms with Crippen LogP contribution < -0.4 is 0 Å². The molecule has 1 nitrogen and oxygen atoms in total. The average Bonchev–Trinajstić information content (AvgIpc) is 2.18. The Balaban J connectivity index is 2.34. The van der Waals surface area contributed by atoms with Gasteiger partial charge >= 0.3 is 0 Å². The highest BCUT2D eigenvalue weighted by atomic mass is 79.9. The van der Waals surface area contributed by atoms with E-state index in [9.17, 15) is 0 Å². The highest BCUT2D eigenvalue weighted by Crippen LogP contribution is 2.27. The molecule has 1 atom stereocenters. The monoisotopic (exact) mass is 252 g/mol. The summed E-state index contributed by atoms with van der Waals surface area (Å²) in [5, 5.41) is 0. The third kappa shape index (κ3) is 2.07. The number of hydrogen-bond donors (Lipinski definition) is 0. The van der Waals surface area contributed by atoms with Crippen LogP contribution in [0.4, 0.5) is 0 Å². The molecule has 1 heterocycles. The maximum absolute atomic E-state index is 5.38. The maximum atomic E-state index is 5.38. The molecule has 2 rings (SSSR count). The summed E-state index contributed by atoms with van der Waals surface area (Å²) < 4.78 is 6.51. The first kappa shape index (κ1) is 9.94. The fourth-order valence-corrected chi connectivity index (χ4v) is 2.15. The molecule has 0 bridgehead atoms. The molecule has 0 aliphatic carbocycles. The molecule has 14 heavy (non-hydrogen) atoms. The number of rotatable bonds is 1. The molecule has 0 fully saturated rings. The Hall–Kier alpha value is -0.600. The Kier molecular flexibility index (Phi) is 3.04. The zero-order valence-electron chi connectivity index (χ0n) is 8.16. The Morgan fingerprint density at radius 3 is 3.00 bits per heavy atom.